The molecule has 2 rings (SSSR count). The van der Waals surface area contributed by atoms with Gasteiger partial charge in [0.25, 0.3) is 0 Å². The first-order chi connectivity index (χ1) is 8.13. The number of fused-ring (bicyclic) bond motifs is 1. The number of hydrogen-bond donors (Lipinski definition) is 1. The predicted octanol–water partition coefficient (Wildman–Crippen LogP) is 2.06. The number of aromatic nitrogens is 1. The van der Waals surface area contributed by atoms with Gasteiger partial charge < -0.3 is 10.0 Å². The highest BCUT2D eigenvalue weighted by molar-refractivity contribution is 7.98. The van der Waals surface area contributed by atoms with E-state index in [0.717, 1.165) is 34.4 Å². The lowest BCUT2D eigenvalue weighted by molar-refractivity contribution is -0.138. The molecular formula is C11H16N2O2S2. The van der Waals surface area contributed by atoms with Crippen LogP contribution in [0.15, 0.2) is 0 Å². The first-order valence-electron chi connectivity index (χ1n) is 5.56. The summed E-state index contributed by atoms with van der Waals surface area (Å²) in [5.41, 5.74) is 0.800. The molecule has 0 spiro atoms. The van der Waals surface area contributed by atoms with E-state index >= 15 is 0 Å². The van der Waals surface area contributed by atoms with Gasteiger partial charge in [0.1, 0.15) is 5.92 Å². The minimum atomic E-state index is -0.743. The molecule has 0 saturated heterocycles. The molecule has 1 aliphatic rings. The van der Waals surface area contributed by atoms with Crippen LogP contribution in [0, 0.1) is 0 Å². The Morgan fingerprint density at radius 3 is 3.12 bits per heavy atom. The zero-order valence-corrected chi connectivity index (χ0v) is 11.6. The number of carboxylic acids is 1. The number of nitrogens with zero attached hydrogens (tertiary/aromatic N) is 2. The van der Waals surface area contributed by atoms with E-state index in [4.69, 9.17) is 5.11 Å². The van der Waals surface area contributed by atoms with Crippen molar-refractivity contribution in [2.45, 2.75) is 18.8 Å². The smallest absolute Gasteiger partial charge is 0.312 e. The van der Waals surface area contributed by atoms with Crippen LogP contribution in [0.25, 0.3) is 0 Å². The molecule has 1 aromatic rings. The summed E-state index contributed by atoms with van der Waals surface area (Å²) in [4.78, 5) is 18.8. The molecule has 0 bridgehead atoms. The summed E-state index contributed by atoms with van der Waals surface area (Å²) in [5, 5.41) is 10.1. The highest BCUT2D eigenvalue weighted by Crippen LogP contribution is 2.39. The van der Waals surface area contributed by atoms with E-state index in [0.29, 0.717) is 6.42 Å². The van der Waals surface area contributed by atoms with Gasteiger partial charge in [-0.2, -0.15) is 11.8 Å². The number of thioether (sulfide) groups is 1. The number of aryl methyl sites for hydroxylation is 1. The van der Waals surface area contributed by atoms with Crippen LogP contribution >= 0.6 is 23.1 Å². The molecule has 0 saturated carbocycles. The van der Waals surface area contributed by atoms with Crippen molar-refractivity contribution in [2.75, 3.05) is 30.5 Å². The molecule has 6 heteroatoms. The SMILES string of the molecule is CSCCN(C)c1nc2c(s1)CCC2C(=O)O. The van der Waals surface area contributed by atoms with Gasteiger partial charge in [0.15, 0.2) is 5.13 Å². The molecule has 4 nitrogen and oxygen atoms in total. The molecule has 0 aliphatic heterocycles. The van der Waals surface area contributed by atoms with Crippen molar-refractivity contribution < 1.29 is 9.90 Å². The van der Waals surface area contributed by atoms with Gasteiger partial charge in [-0.15, -0.1) is 11.3 Å². The van der Waals surface area contributed by atoms with E-state index in [1.54, 1.807) is 23.1 Å². The summed E-state index contributed by atoms with van der Waals surface area (Å²) in [5.74, 6) is -0.0698. The molecule has 17 heavy (non-hydrogen) atoms. The minimum Gasteiger partial charge on any atom is -0.481 e. The van der Waals surface area contributed by atoms with Crippen molar-refractivity contribution in [1.82, 2.24) is 4.98 Å². The van der Waals surface area contributed by atoms with Gasteiger partial charge >= 0.3 is 5.97 Å². The van der Waals surface area contributed by atoms with E-state index in [1.165, 1.54) is 0 Å². The number of anilines is 1. The predicted molar refractivity (Wildman–Crippen MR) is 72.5 cm³/mol. The third-order valence-electron chi connectivity index (χ3n) is 2.96. The Morgan fingerprint density at radius 1 is 1.71 bits per heavy atom. The topological polar surface area (TPSA) is 53.4 Å². The van der Waals surface area contributed by atoms with Crippen LogP contribution in [0.3, 0.4) is 0 Å². The Labute approximate surface area is 109 Å². The maximum Gasteiger partial charge on any atom is 0.312 e. The van der Waals surface area contributed by atoms with Gasteiger partial charge in [-0.3, -0.25) is 4.79 Å². The van der Waals surface area contributed by atoms with E-state index in [2.05, 4.69) is 16.1 Å². The number of carboxylic acid groups (broad SMARTS) is 1. The van der Waals surface area contributed by atoms with Crippen molar-refractivity contribution in [3.8, 4) is 0 Å². The van der Waals surface area contributed by atoms with E-state index in [1.807, 2.05) is 7.05 Å². The molecule has 0 amide bonds. The fraction of sp³-hybridized carbons (Fsp3) is 0.636. The van der Waals surface area contributed by atoms with E-state index < -0.39 is 5.97 Å². The van der Waals surface area contributed by atoms with Gasteiger partial charge in [0.2, 0.25) is 0 Å². The fourth-order valence-corrected chi connectivity index (χ4v) is 3.52. The number of hydrogen-bond acceptors (Lipinski definition) is 5. The molecule has 1 N–H and O–H groups in total. The monoisotopic (exact) mass is 272 g/mol. The van der Waals surface area contributed by atoms with Gasteiger partial charge in [0.05, 0.1) is 5.69 Å². The third kappa shape index (κ3) is 2.57. The van der Waals surface area contributed by atoms with Crippen LogP contribution in [0.4, 0.5) is 5.13 Å². The van der Waals surface area contributed by atoms with Crippen LogP contribution in [-0.4, -0.2) is 41.7 Å². The van der Waals surface area contributed by atoms with Crippen LogP contribution in [-0.2, 0) is 11.2 Å². The zero-order chi connectivity index (χ0) is 12.4. The summed E-state index contributed by atoms with van der Waals surface area (Å²) in [6.45, 7) is 0.950. The first-order valence-corrected chi connectivity index (χ1v) is 7.77. The number of aliphatic carboxylic acids is 1. The van der Waals surface area contributed by atoms with E-state index in [-0.39, 0.29) is 5.92 Å². The molecule has 1 aliphatic carbocycles. The Kier molecular flexibility index (Phi) is 3.93. The average molecular weight is 272 g/mol. The normalized spacial score (nSPS) is 18.1. The van der Waals surface area contributed by atoms with Gasteiger partial charge in [-0.1, -0.05) is 0 Å². The van der Waals surface area contributed by atoms with Crippen molar-refractivity contribution in [1.29, 1.82) is 0 Å². The van der Waals surface area contributed by atoms with Crippen LogP contribution in [0.1, 0.15) is 22.9 Å². The van der Waals surface area contributed by atoms with Crippen LogP contribution in [0.2, 0.25) is 0 Å². The van der Waals surface area contributed by atoms with Gasteiger partial charge in [0, 0.05) is 24.2 Å². The molecule has 0 aromatic carbocycles. The van der Waals surface area contributed by atoms with Crippen molar-refractivity contribution in [3.63, 3.8) is 0 Å². The highest BCUT2D eigenvalue weighted by Gasteiger charge is 2.32. The van der Waals surface area contributed by atoms with E-state index in [9.17, 15) is 4.79 Å². The van der Waals surface area contributed by atoms with Gasteiger partial charge in [-0.05, 0) is 19.1 Å². The zero-order valence-electron chi connectivity index (χ0n) is 9.97. The second kappa shape index (κ2) is 5.27. The maximum absolute atomic E-state index is 11.1. The molecule has 0 fully saturated rings. The number of thiazole rings is 1. The average Bonchev–Trinajstić information content (AvgIpc) is 2.83. The minimum absolute atomic E-state index is 0.385. The Balaban J connectivity index is 2.13. The Hall–Kier alpha value is -0.750. The second-order valence-corrected chi connectivity index (χ2v) is 6.20. The Morgan fingerprint density at radius 2 is 2.47 bits per heavy atom. The number of carbonyl (C=O) groups is 1. The third-order valence-corrected chi connectivity index (χ3v) is 4.80. The van der Waals surface area contributed by atoms with Crippen LogP contribution in [0.5, 0.6) is 0 Å². The summed E-state index contributed by atoms with van der Waals surface area (Å²) in [6, 6.07) is 0. The maximum atomic E-state index is 11.1. The molecule has 94 valence electrons. The lowest BCUT2D eigenvalue weighted by Gasteiger charge is -2.14. The highest BCUT2D eigenvalue weighted by atomic mass is 32.2. The summed E-state index contributed by atoms with van der Waals surface area (Å²) in [6.07, 6.45) is 3.65. The summed E-state index contributed by atoms with van der Waals surface area (Å²) in [7, 11) is 2.01. The largest absolute Gasteiger partial charge is 0.481 e. The molecule has 1 atom stereocenters. The Bertz CT molecular complexity index is 420. The number of rotatable bonds is 5. The molecule has 1 aromatic heterocycles. The van der Waals surface area contributed by atoms with Crippen molar-refractivity contribution in [2.24, 2.45) is 0 Å². The lowest BCUT2D eigenvalue weighted by atomic mass is 10.1. The second-order valence-electron chi connectivity index (χ2n) is 4.15. The molecule has 1 heterocycles. The molecule has 1 unspecified atom stereocenters. The first kappa shape index (κ1) is 12.7. The molecular weight excluding hydrogens is 256 g/mol. The lowest BCUT2D eigenvalue weighted by Crippen LogP contribution is -2.20. The van der Waals surface area contributed by atoms with Crippen molar-refractivity contribution in [3.05, 3.63) is 10.6 Å². The summed E-state index contributed by atoms with van der Waals surface area (Å²) < 4.78 is 0. The van der Waals surface area contributed by atoms with Crippen LogP contribution < -0.4 is 4.90 Å². The fourth-order valence-electron chi connectivity index (χ4n) is 1.94. The van der Waals surface area contributed by atoms with Gasteiger partial charge in [-0.25, -0.2) is 4.98 Å². The summed E-state index contributed by atoms with van der Waals surface area (Å²) >= 11 is 3.45. The quantitative estimate of drug-likeness (QED) is 0.889. The van der Waals surface area contributed by atoms with Crippen molar-refractivity contribution >= 4 is 34.2 Å². The molecule has 0 radical (unpaired) electrons. The standard InChI is InChI=1S/C11H16N2O2S2/c1-13(5-6-16-2)11-12-9-7(10(14)15)3-4-8(9)17-11/h7H,3-6H2,1-2H3,(H,14,15).